The van der Waals surface area contributed by atoms with E-state index in [0.717, 1.165) is 23.2 Å². The van der Waals surface area contributed by atoms with Crippen LogP contribution < -0.4 is 9.29 Å². The molecule has 2 aromatic heterocycles. The van der Waals surface area contributed by atoms with E-state index >= 15 is 0 Å². The summed E-state index contributed by atoms with van der Waals surface area (Å²) in [5.41, 5.74) is 1.18. The molecule has 30 heavy (non-hydrogen) atoms. The van der Waals surface area contributed by atoms with Gasteiger partial charge in [-0.15, -0.1) is 14.2 Å². The Balaban J connectivity index is 1.63. The van der Waals surface area contributed by atoms with Gasteiger partial charge in [0.15, 0.2) is 11.0 Å². The first-order chi connectivity index (χ1) is 14.5. The van der Waals surface area contributed by atoms with Crippen LogP contribution in [0.25, 0.3) is 11.0 Å². The zero-order valence-electron chi connectivity index (χ0n) is 15.9. The molecular weight excluding hydrogens is 442 g/mol. The van der Waals surface area contributed by atoms with E-state index < -0.39 is 10.0 Å². The van der Waals surface area contributed by atoms with Crippen LogP contribution in [-0.2, 0) is 21.2 Å². The van der Waals surface area contributed by atoms with Crippen LogP contribution in [0, 0.1) is 0 Å². The number of H-pyrrole nitrogens is 1. The number of carbonyl (C=O) groups excluding carboxylic acids is 1. The maximum absolute atomic E-state index is 13.3. The van der Waals surface area contributed by atoms with Gasteiger partial charge in [-0.2, -0.15) is 8.42 Å². The van der Waals surface area contributed by atoms with Crippen molar-refractivity contribution < 1.29 is 17.2 Å². The summed E-state index contributed by atoms with van der Waals surface area (Å²) in [5, 5.41) is 12.2. The number of fused-ring (bicyclic) bond motifs is 1. The predicted octanol–water partition coefficient (Wildman–Crippen LogP) is 2.84. The topological polar surface area (TPSA) is 109 Å². The molecule has 4 rings (SSSR count). The molecule has 0 radical (unpaired) electrons. The van der Waals surface area contributed by atoms with Crippen molar-refractivity contribution in [3.63, 3.8) is 0 Å². The van der Waals surface area contributed by atoms with E-state index in [-0.39, 0.29) is 16.6 Å². The minimum atomic E-state index is -3.85. The van der Waals surface area contributed by atoms with E-state index in [1.54, 1.807) is 48.5 Å². The van der Waals surface area contributed by atoms with Gasteiger partial charge in [-0.1, -0.05) is 48.6 Å². The van der Waals surface area contributed by atoms with Crippen LogP contribution in [0.2, 0.25) is 0 Å². The van der Waals surface area contributed by atoms with Crippen molar-refractivity contribution in [3.8, 4) is 0 Å². The molecule has 2 heterocycles. The maximum Gasteiger partial charge on any atom is 0.336 e. The molecule has 0 aliphatic carbocycles. The van der Waals surface area contributed by atoms with Gasteiger partial charge in [0.05, 0.1) is 5.75 Å². The molecule has 4 aromatic rings. The summed E-state index contributed by atoms with van der Waals surface area (Å²) < 4.78 is 27.9. The summed E-state index contributed by atoms with van der Waals surface area (Å²) in [6.07, 6.45) is 0.745. The zero-order chi connectivity index (χ0) is 21.1. The maximum atomic E-state index is 13.3. The van der Waals surface area contributed by atoms with Crippen molar-refractivity contribution in [2.75, 3.05) is 11.1 Å². The first kappa shape index (κ1) is 20.5. The van der Waals surface area contributed by atoms with Gasteiger partial charge in [-0.05, 0) is 42.4 Å². The van der Waals surface area contributed by atoms with Gasteiger partial charge in [0, 0.05) is 0 Å². The normalized spacial score (nSPS) is 11.6. The number of nitrogens with zero attached hydrogens (tertiary/aromatic N) is 3. The van der Waals surface area contributed by atoms with Crippen molar-refractivity contribution in [2.24, 2.45) is 0 Å². The van der Waals surface area contributed by atoms with Gasteiger partial charge in [0.25, 0.3) is 0 Å². The van der Waals surface area contributed by atoms with Crippen molar-refractivity contribution in [2.45, 2.75) is 23.4 Å². The number of aromatic amines is 1. The summed E-state index contributed by atoms with van der Waals surface area (Å²) in [4.78, 5) is 15.7. The van der Waals surface area contributed by atoms with E-state index in [2.05, 4.69) is 20.5 Å². The molecule has 0 spiro atoms. The van der Waals surface area contributed by atoms with Crippen LogP contribution in [0.1, 0.15) is 11.9 Å². The smallest absolute Gasteiger partial charge is 0.300 e. The summed E-state index contributed by atoms with van der Waals surface area (Å²) in [5.74, 6) is -0.279. The van der Waals surface area contributed by atoms with Crippen molar-refractivity contribution in [1.82, 2.24) is 15.2 Å². The molecule has 8 nitrogen and oxygen atoms in total. The van der Waals surface area contributed by atoms with Crippen molar-refractivity contribution >= 4 is 55.2 Å². The van der Waals surface area contributed by atoms with E-state index in [9.17, 15) is 13.2 Å². The Morgan fingerprint density at radius 3 is 2.60 bits per heavy atom. The molecule has 11 heteroatoms. The number of nitrogens with one attached hydrogen (secondary N) is 2. The quantitative estimate of drug-likeness (QED) is 0.324. The number of para-hydroxylation sites is 2. The molecule has 0 saturated heterocycles. The van der Waals surface area contributed by atoms with E-state index in [0.29, 0.717) is 21.3 Å². The summed E-state index contributed by atoms with van der Waals surface area (Å²) >= 11 is 2.43. The molecule has 0 fully saturated rings. The lowest BCUT2D eigenvalue weighted by Gasteiger charge is -2.04. The second-order valence-electron chi connectivity index (χ2n) is 6.22. The Morgan fingerprint density at radius 1 is 1.13 bits per heavy atom. The molecule has 0 bridgehead atoms. The number of anilines is 1. The van der Waals surface area contributed by atoms with Crippen molar-refractivity contribution in [3.05, 3.63) is 59.6 Å². The molecule has 0 aliphatic rings. The minimum absolute atomic E-state index is 0.0121. The monoisotopic (exact) mass is 460 g/mol. The summed E-state index contributed by atoms with van der Waals surface area (Å²) in [6.45, 7) is 1.96. The molecule has 0 aliphatic heterocycles. The lowest BCUT2D eigenvalue weighted by Crippen LogP contribution is -2.44. The number of hydrogen-bond acceptors (Lipinski definition) is 7. The molecule has 154 valence electrons. The van der Waals surface area contributed by atoms with Crippen LogP contribution in [0.3, 0.4) is 0 Å². The highest BCUT2D eigenvalue weighted by atomic mass is 32.2. The molecule has 1 amide bonds. The average Bonchev–Trinajstić information content (AvgIpc) is 3.37. The lowest BCUT2D eigenvalue weighted by molar-refractivity contribution is -0.526. The third-order valence-electron chi connectivity index (χ3n) is 4.19. The van der Waals surface area contributed by atoms with Gasteiger partial charge < -0.3 is 0 Å². The van der Waals surface area contributed by atoms with Crippen molar-refractivity contribution in [1.29, 1.82) is 0 Å². The average molecular weight is 461 g/mol. The largest absolute Gasteiger partial charge is 0.336 e. The minimum Gasteiger partial charge on any atom is -0.300 e. The molecule has 2 aromatic carbocycles. The number of aromatic nitrogens is 4. The second-order valence-corrected chi connectivity index (χ2v) is 10.0. The Morgan fingerprint density at radius 2 is 1.87 bits per heavy atom. The number of rotatable bonds is 7. The fraction of sp³-hybridized carbons (Fsp3) is 0.158. The number of amides is 1. The summed E-state index contributed by atoms with van der Waals surface area (Å²) in [6, 6.07) is 15.3. The van der Waals surface area contributed by atoms with E-state index in [1.807, 2.05) is 13.0 Å². The molecule has 0 saturated carbocycles. The fourth-order valence-electron chi connectivity index (χ4n) is 2.80. The van der Waals surface area contributed by atoms with Crippen LogP contribution in [0.4, 0.5) is 5.13 Å². The third kappa shape index (κ3) is 4.09. The van der Waals surface area contributed by atoms with Gasteiger partial charge in [0.1, 0.15) is 9.90 Å². The first-order valence-corrected chi connectivity index (χ1v) is 12.3. The van der Waals surface area contributed by atoms with Gasteiger partial charge >= 0.3 is 15.2 Å². The molecular formula is C19H18N5O3S3+. The molecule has 0 unspecified atom stereocenters. The number of aryl methyl sites for hydroxylation is 1. The Hall–Kier alpha value is -2.76. The van der Waals surface area contributed by atoms with Crippen LogP contribution in [0.5, 0.6) is 0 Å². The summed E-state index contributed by atoms with van der Waals surface area (Å²) in [7, 11) is -3.85. The number of benzene rings is 2. The van der Waals surface area contributed by atoms with Crippen LogP contribution >= 0.6 is 23.1 Å². The van der Waals surface area contributed by atoms with Crippen LogP contribution in [-0.4, -0.2) is 35.3 Å². The number of thioether (sulfide) groups is 1. The third-order valence-corrected chi connectivity index (χ3v) is 7.98. The highest BCUT2D eigenvalue weighted by Crippen LogP contribution is 2.22. The van der Waals surface area contributed by atoms with Gasteiger partial charge in [-0.3, -0.25) is 10.1 Å². The number of imidazole rings is 1. The number of hydrogen-bond donors (Lipinski definition) is 2. The Bertz CT molecular complexity index is 1300. The van der Waals surface area contributed by atoms with E-state index in [1.165, 1.54) is 15.3 Å². The zero-order valence-corrected chi connectivity index (χ0v) is 18.4. The van der Waals surface area contributed by atoms with Gasteiger partial charge in [0.2, 0.25) is 11.0 Å². The second kappa shape index (κ2) is 8.54. The lowest BCUT2D eigenvalue weighted by atomic mass is 10.3. The highest BCUT2D eigenvalue weighted by molar-refractivity contribution is 8.00. The Kier molecular flexibility index (Phi) is 5.84. The molecule has 0 atom stereocenters. The fourth-order valence-corrected chi connectivity index (χ4v) is 6.08. The predicted molar refractivity (Wildman–Crippen MR) is 116 cm³/mol. The number of carbonyl (C=O) groups is 1. The highest BCUT2D eigenvalue weighted by Gasteiger charge is 2.31. The van der Waals surface area contributed by atoms with E-state index in [4.69, 9.17) is 0 Å². The SMILES string of the molecule is CCc1nnc(NC(=O)CSc2[nH]c3ccccc3[n+]2S(=O)(=O)c2ccccc2)s1. The molecule has 2 N–H and O–H groups in total. The standard InChI is InChI=1S/C19H17N5O3S3/c1-2-17-22-23-18(29-17)21-16(25)12-28-19-20-14-10-6-7-11-15(14)24(19)30(26,27)13-8-4-3-5-9-13/h3-11H,2,12H2,1H3,(H,21,23,25)/p+1. The van der Waals surface area contributed by atoms with Crippen LogP contribution in [0.15, 0.2) is 64.6 Å². The Labute approximate surface area is 181 Å². The first-order valence-electron chi connectivity index (χ1n) is 9.07. The van der Waals surface area contributed by atoms with Gasteiger partial charge in [-0.25, -0.2) is 4.98 Å².